The van der Waals surface area contributed by atoms with Crippen LogP contribution in [0.2, 0.25) is 0 Å². The maximum absolute atomic E-state index is 11.2. The molecule has 1 aromatic rings. The molecule has 1 aromatic heterocycles. The Morgan fingerprint density at radius 3 is 2.47 bits per heavy atom. The summed E-state index contributed by atoms with van der Waals surface area (Å²) in [6.07, 6.45) is 1.70. The summed E-state index contributed by atoms with van der Waals surface area (Å²) >= 11 is 0. The third-order valence-corrected chi connectivity index (χ3v) is 3.01. The van der Waals surface area contributed by atoms with Gasteiger partial charge in [-0.15, -0.1) is 0 Å². The van der Waals surface area contributed by atoms with Crippen molar-refractivity contribution >= 4 is 5.97 Å². The monoisotopic (exact) mass is 241 g/mol. The molecule has 96 valence electrons. The standard InChI is InChI=1S/C11H19N3O3/c1-4-9-13-8(14-17-9)7-12-11(5-2,6-3)10(15)16/h12H,4-7H2,1-3H3,(H,15,16). The van der Waals surface area contributed by atoms with Crippen molar-refractivity contribution in [2.45, 2.75) is 52.1 Å². The number of nitrogens with zero attached hydrogens (tertiary/aromatic N) is 2. The van der Waals surface area contributed by atoms with E-state index in [-0.39, 0.29) is 0 Å². The van der Waals surface area contributed by atoms with Crippen molar-refractivity contribution in [1.29, 1.82) is 0 Å². The van der Waals surface area contributed by atoms with Crippen LogP contribution in [0.4, 0.5) is 0 Å². The molecule has 0 aliphatic carbocycles. The van der Waals surface area contributed by atoms with E-state index in [1.807, 2.05) is 20.8 Å². The molecule has 17 heavy (non-hydrogen) atoms. The number of carboxylic acids is 1. The Morgan fingerprint density at radius 1 is 1.41 bits per heavy atom. The molecule has 0 bridgehead atoms. The summed E-state index contributed by atoms with van der Waals surface area (Å²) in [6, 6.07) is 0. The molecule has 0 aromatic carbocycles. The van der Waals surface area contributed by atoms with Gasteiger partial charge >= 0.3 is 5.97 Å². The molecule has 0 spiro atoms. The second-order valence-corrected chi connectivity index (χ2v) is 3.91. The molecule has 0 atom stereocenters. The fraction of sp³-hybridized carbons (Fsp3) is 0.727. The topological polar surface area (TPSA) is 88.2 Å². The molecular weight excluding hydrogens is 222 g/mol. The van der Waals surface area contributed by atoms with Gasteiger partial charge < -0.3 is 9.63 Å². The van der Waals surface area contributed by atoms with Crippen molar-refractivity contribution in [1.82, 2.24) is 15.5 Å². The van der Waals surface area contributed by atoms with Crippen molar-refractivity contribution in [2.75, 3.05) is 0 Å². The predicted octanol–water partition coefficient (Wildman–Crippen LogP) is 1.36. The Hall–Kier alpha value is -1.43. The zero-order chi connectivity index (χ0) is 12.9. The molecule has 0 saturated heterocycles. The van der Waals surface area contributed by atoms with Crippen molar-refractivity contribution in [3.63, 3.8) is 0 Å². The minimum absolute atomic E-state index is 0.303. The highest BCUT2D eigenvalue weighted by Crippen LogP contribution is 2.16. The van der Waals surface area contributed by atoms with E-state index in [9.17, 15) is 9.90 Å². The summed E-state index contributed by atoms with van der Waals surface area (Å²) < 4.78 is 4.96. The molecule has 2 N–H and O–H groups in total. The molecule has 0 aliphatic heterocycles. The summed E-state index contributed by atoms with van der Waals surface area (Å²) in [5, 5.41) is 16.0. The van der Waals surface area contributed by atoms with E-state index >= 15 is 0 Å². The maximum atomic E-state index is 11.2. The van der Waals surface area contributed by atoms with Crippen LogP contribution in [0, 0.1) is 0 Å². The number of aryl methyl sites for hydroxylation is 1. The van der Waals surface area contributed by atoms with Crippen molar-refractivity contribution < 1.29 is 14.4 Å². The summed E-state index contributed by atoms with van der Waals surface area (Å²) in [4.78, 5) is 15.4. The third-order valence-electron chi connectivity index (χ3n) is 3.01. The van der Waals surface area contributed by atoms with Gasteiger partial charge in [-0.1, -0.05) is 25.9 Å². The second kappa shape index (κ2) is 5.77. The Labute approximate surface area is 100 Å². The lowest BCUT2D eigenvalue weighted by Crippen LogP contribution is -2.50. The first-order valence-corrected chi connectivity index (χ1v) is 5.87. The summed E-state index contributed by atoms with van der Waals surface area (Å²) in [7, 11) is 0. The molecule has 1 heterocycles. The molecule has 0 amide bonds. The molecule has 0 aliphatic rings. The lowest BCUT2D eigenvalue weighted by atomic mass is 9.93. The lowest BCUT2D eigenvalue weighted by molar-refractivity contribution is -0.145. The Kier molecular flexibility index (Phi) is 4.62. The van der Waals surface area contributed by atoms with E-state index in [4.69, 9.17) is 4.52 Å². The molecule has 0 saturated carbocycles. The lowest BCUT2D eigenvalue weighted by Gasteiger charge is -2.27. The van der Waals surface area contributed by atoms with E-state index in [1.54, 1.807) is 0 Å². The highest BCUT2D eigenvalue weighted by atomic mass is 16.5. The van der Waals surface area contributed by atoms with Crippen LogP contribution in [0.5, 0.6) is 0 Å². The number of hydrogen-bond donors (Lipinski definition) is 2. The molecule has 0 fully saturated rings. The second-order valence-electron chi connectivity index (χ2n) is 3.91. The summed E-state index contributed by atoms with van der Waals surface area (Å²) in [5.74, 6) is 0.215. The summed E-state index contributed by atoms with van der Waals surface area (Å²) in [5.41, 5.74) is -0.910. The van der Waals surface area contributed by atoms with Crippen LogP contribution in [0.3, 0.4) is 0 Å². The van der Waals surface area contributed by atoms with Gasteiger partial charge in [0, 0.05) is 6.42 Å². The van der Waals surface area contributed by atoms with Gasteiger partial charge in [0.2, 0.25) is 5.89 Å². The van der Waals surface area contributed by atoms with Crippen LogP contribution >= 0.6 is 0 Å². The van der Waals surface area contributed by atoms with Crippen LogP contribution < -0.4 is 5.32 Å². The highest BCUT2D eigenvalue weighted by Gasteiger charge is 2.34. The van der Waals surface area contributed by atoms with Gasteiger partial charge in [-0.3, -0.25) is 10.1 Å². The fourth-order valence-electron chi connectivity index (χ4n) is 1.63. The Bertz CT molecular complexity index is 372. The molecular formula is C11H19N3O3. The average molecular weight is 241 g/mol. The minimum Gasteiger partial charge on any atom is -0.480 e. The fourth-order valence-corrected chi connectivity index (χ4v) is 1.63. The first-order chi connectivity index (χ1) is 8.07. The Morgan fingerprint density at radius 2 is 2.06 bits per heavy atom. The largest absolute Gasteiger partial charge is 0.480 e. The van der Waals surface area contributed by atoms with Gasteiger partial charge in [-0.25, -0.2) is 0 Å². The van der Waals surface area contributed by atoms with E-state index in [0.717, 1.165) is 0 Å². The first-order valence-electron chi connectivity index (χ1n) is 5.87. The number of aromatic nitrogens is 2. The van der Waals surface area contributed by atoms with E-state index < -0.39 is 11.5 Å². The number of carboxylic acid groups (broad SMARTS) is 1. The normalized spacial score (nSPS) is 11.7. The van der Waals surface area contributed by atoms with Crippen LogP contribution in [-0.2, 0) is 17.8 Å². The Balaban J connectivity index is 2.66. The van der Waals surface area contributed by atoms with Gasteiger partial charge in [0.15, 0.2) is 5.82 Å². The minimum atomic E-state index is -0.910. The molecule has 0 unspecified atom stereocenters. The van der Waals surface area contributed by atoms with E-state index in [2.05, 4.69) is 15.5 Å². The molecule has 0 radical (unpaired) electrons. The first kappa shape index (κ1) is 13.6. The third kappa shape index (κ3) is 3.03. The quantitative estimate of drug-likeness (QED) is 0.749. The van der Waals surface area contributed by atoms with Gasteiger partial charge in [-0.2, -0.15) is 4.98 Å². The highest BCUT2D eigenvalue weighted by molar-refractivity contribution is 5.78. The smallest absolute Gasteiger partial charge is 0.323 e. The summed E-state index contributed by atoms with van der Waals surface area (Å²) in [6.45, 7) is 5.92. The zero-order valence-corrected chi connectivity index (χ0v) is 10.5. The predicted molar refractivity (Wildman–Crippen MR) is 61.5 cm³/mol. The molecule has 6 heteroatoms. The number of hydrogen-bond acceptors (Lipinski definition) is 5. The SMILES string of the molecule is CCc1nc(CNC(CC)(CC)C(=O)O)no1. The average Bonchev–Trinajstić information content (AvgIpc) is 2.78. The van der Waals surface area contributed by atoms with Crippen LogP contribution in [0.15, 0.2) is 4.52 Å². The van der Waals surface area contributed by atoms with Crippen molar-refractivity contribution in [2.24, 2.45) is 0 Å². The zero-order valence-electron chi connectivity index (χ0n) is 10.5. The van der Waals surface area contributed by atoms with Gasteiger partial charge in [0.25, 0.3) is 0 Å². The van der Waals surface area contributed by atoms with Gasteiger partial charge in [0.05, 0.1) is 6.54 Å². The van der Waals surface area contributed by atoms with Gasteiger partial charge in [0.1, 0.15) is 5.54 Å². The molecule has 6 nitrogen and oxygen atoms in total. The van der Waals surface area contributed by atoms with Crippen LogP contribution in [0.25, 0.3) is 0 Å². The van der Waals surface area contributed by atoms with Crippen LogP contribution in [-0.4, -0.2) is 26.8 Å². The van der Waals surface area contributed by atoms with Crippen LogP contribution in [0.1, 0.15) is 45.3 Å². The van der Waals surface area contributed by atoms with E-state index in [1.165, 1.54) is 0 Å². The van der Waals surface area contributed by atoms with E-state index in [0.29, 0.717) is 37.5 Å². The van der Waals surface area contributed by atoms with Crippen molar-refractivity contribution in [3.8, 4) is 0 Å². The maximum Gasteiger partial charge on any atom is 0.323 e. The van der Waals surface area contributed by atoms with Crippen molar-refractivity contribution in [3.05, 3.63) is 11.7 Å². The molecule has 1 rings (SSSR count). The van der Waals surface area contributed by atoms with Gasteiger partial charge in [-0.05, 0) is 12.8 Å². The number of carbonyl (C=O) groups is 1. The number of rotatable bonds is 7. The number of aliphatic carboxylic acids is 1. The number of nitrogens with one attached hydrogen (secondary N) is 1.